The Labute approximate surface area is 124 Å². The molecule has 0 bridgehead atoms. The number of carbonyl (C=O) groups excluding carboxylic acids is 1. The minimum atomic E-state index is -0.874. The maximum Gasteiger partial charge on any atom is 0.310 e. The molecule has 0 aliphatic heterocycles. The summed E-state index contributed by atoms with van der Waals surface area (Å²) in [5.74, 6) is -1.05. The summed E-state index contributed by atoms with van der Waals surface area (Å²) in [4.78, 5) is 27.9. The number of pyridine rings is 1. The Morgan fingerprint density at radius 3 is 2.67 bits per heavy atom. The molecule has 5 nitrogen and oxygen atoms in total. The molecule has 1 aromatic rings. The van der Waals surface area contributed by atoms with Crippen molar-refractivity contribution in [3.63, 3.8) is 0 Å². The van der Waals surface area contributed by atoms with Gasteiger partial charge in [-0.1, -0.05) is 25.3 Å². The predicted molar refractivity (Wildman–Crippen MR) is 78.6 cm³/mol. The van der Waals surface area contributed by atoms with E-state index in [1.54, 1.807) is 6.20 Å². The van der Waals surface area contributed by atoms with Gasteiger partial charge in [-0.15, -0.1) is 0 Å². The maximum absolute atomic E-state index is 12.1. The third kappa shape index (κ3) is 3.80. The highest BCUT2D eigenvalue weighted by molar-refractivity contribution is 5.85. The van der Waals surface area contributed by atoms with Crippen LogP contribution >= 0.6 is 0 Å². The number of aliphatic carboxylic acids is 1. The molecule has 21 heavy (non-hydrogen) atoms. The van der Waals surface area contributed by atoms with Crippen molar-refractivity contribution in [2.24, 2.45) is 5.41 Å². The van der Waals surface area contributed by atoms with Gasteiger partial charge in [0.1, 0.15) is 0 Å². The zero-order chi connectivity index (χ0) is 15.3. The lowest BCUT2D eigenvalue weighted by Gasteiger charge is -2.32. The van der Waals surface area contributed by atoms with Crippen molar-refractivity contribution in [2.75, 3.05) is 0 Å². The van der Waals surface area contributed by atoms with Crippen LogP contribution in [0.2, 0.25) is 0 Å². The SMILES string of the molecule is Cc1cccnc1CNC(=O)CC1(C(=O)O)CCCCC1. The van der Waals surface area contributed by atoms with Gasteiger partial charge in [0, 0.05) is 12.6 Å². The number of carbonyl (C=O) groups is 2. The summed E-state index contributed by atoms with van der Waals surface area (Å²) in [6.45, 7) is 2.29. The van der Waals surface area contributed by atoms with Gasteiger partial charge in [0.25, 0.3) is 0 Å². The van der Waals surface area contributed by atoms with Crippen LogP contribution in [-0.2, 0) is 16.1 Å². The van der Waals surface area contributed by atoms with Gasteiger partial charge >= 0.3 is 5.97 Å². The van der Waals surface area contributed by atoms with Crippen molar-refractivity contribution in [3.05, 3.63) is 29.6 Å². The number of carboxylic acid groups (broad SMARTS) is 1. The van der Waals surface area contributed by atoms with Crippen LogP contribution in [-0.4, -0.2) is 22.0 Å². The number of aryl methyl sites for hydroxylation is 1. The Bertz CT molecular complexity index is 522. The molecule has 0 radical (unpaired) electrons. The molecule has 1 heterocycles. The topological polar surface area (TPSA) is 79.3 Å². The average Bonchev–Trinajstić information content (AvgIpc) is 2.47. The zero-order valence-corrected chi connectivity index (χ0v) is 12.4. The first-order chi connectivity index (χ1) is 10.0. The molecule has 0 spiro atoms. The van der Waals surface area contributed by atoms with E-state index >= 15 is 0 Å². The van der Waals surface area contributed by atoms with E-state index in [9.17, 15) is 14.7 Å². The average molecular weight is 290 g/mol. The highest BCUT2D eigenvalue weighted by Crippen LogP contribution is 2.39. The van der Waals surface area contributed by atoms with E-state index < -0.39 is 11.4 Å². The fourth-order valence-corrected chi connectivity index (χ4v) is 2.95. The van der Waals surface area contributed by atoms with E-state index in [0.717, 1.165) is 30.5 Å². The molecule has 1 aliphatic carbocycles. The highest BCUT2D eigenvalue weighted by atomic mass is 16.4. The molecule has 1 aliphatic rings. The summed E-state index contributed by atoms with van der Waals surface area (Å²) in [5, 5.41) is 12.3. The molecular formula is C16H22N2O3. The first-order valence-electron chi connectivity index (χ1n) is 7.44. The minimum Gasteiger partial charge on any atom is -0.481 e. The summed E-state index contributed by atoms with van der Waals surface area (Å²) in [5.41, 5.74) is 0.962. The summed E-state index contributed by atoms with van der Waals surface area (Å²) in [6.07, 6.45) is 5.78. The monoisotopic (exact) mass is 290 g/mol. The Morgan fingerprint density at radius 1 is 1.33 bits per heavy atom. The van der Waals surface area contributed by atoms with Crippen LogP contribution in [0.3, 0.4) is 0 Å². The largest absolute Gasteiger partial charge is 0.481 e. The van der Waals surface area contributed by atoms with Crippen LogP contribution in [0.1, 0.15) is 49.8 Å². The predicted octanol–water partition coefficient (Wildman–Crippen LogP) is 2.43. The number of rotatable bonds is 5. The molecule has 114 valence electrons. The van der Waals surface area contributed by atoms with Crippen LogP contribution in [0, 0.1) is 12.3 Å². The molecule has 2 N–H and O–H groups in total. The first kappa shape index (κ1) is 15.5. The maximum atomic E-state index is 12.1. The van der Waals surface area contributed by atoms with Crippen LogP contribution in [0.15, 0.2) is 18.3 Å². The number of hydrogen-bond acceptors (Lipinski definition) is 3. The molecule has 0 saturated heterocycles. The normalized spacial score (nSPS) is 17.2. The second kappa shape index (κ2) is 6.70. The molecular weight excluding hydrogens is 268 g/mol. The van der Waals surface area contributed by atoms with Gasteiger partial charge in [-0.25, -0.2) is 0 Å². The van der Waals surface area contributed by atoms with Gasteiger partial charge < -0.3 is 10.4 Å². The number of carboxylic acids is 1. The molecule has 1 aromatic heterocycles. The minimum absolute atomic E-state index is 0.0637. The summed E-state index contributed by atoms with van der Waals surface area (Å²) >= 11 is 0. The van der Waals surface area contributed by atoms with Crippen molar-refractivity contribution >= 4 is 11.9 Å². The van der Waals surface area contributed by atoms with Gasteiger partial charge in [-0.3, -0.25) is 14.6 Å². The zero-order valence-electron chi connectivity index (χ0n) is 12.4. The third-order valence-electron chi connectivity index (χ3n) is 4.33. The van der Waals surface area contributed by atoms with Crippen molar-refractivity contribution in [1.29, 1.82) is 0 Å². The van der Waals surface area contributed by atoms with Gasteiger partial charge in [-0.05, 0) is 31.4 Å². The van der Waals surface area contributed by atoms with Gasteiger partial charge in [0.05, 0.1) is 17.7 Å². The standard InChI is InChI=1S/C16H22N2O3/c1-12-6-5-9-17-13(12)11-18-14(19)10-16(15(20)21)7-3-2-4-8-16/h5-6,9H,2-4,7-8,10-11H2,1H3,(H,18,19)(H,20,21). The third-order valence-corrected chi connectivity index (χ3v) is 4.33. The fraction of sp³-hybridized carbons (Fsp3) is 0.562. The Morgan fingerprint density at radius 2 is 2.05 bits per heavy atom. The molecule has 0 aromatic carbocycles. The molecule has 1 fully saturated rings. The summed E-state index contributed by atoms with van der Waals surface area (Å²) in [6, 6.07) is 3.79. The van der Waals surface area contributed by atoms with E-state index in [2.05, 4.69) is 10.3 Å². The number of nitrogens with zero attached hydrogens (tertiary/aromatic N) is 1. The molecule has 1 amide bonds. The molecule has 1 saturated carbocycles. The first-order valence-corrected chi connectivity index (χ1v) is 7.44. The Kier molecular flexibility index (Phi) is 4.94. The van der Waals surface area contributed by atoms with E-state index in [0.29, 0.717) is 19.4 Å². The summed E-state index contributed by atoms with van der Waals surface area (Å²) in [7, 11) is 0. The number of nitrogens with one attached hydrogen (secondary N) is 1. The van der Waals surface area contributed by atoms with Gasteiger partial charge in [0.2, 0.25) is 5.91 Å². The lowest BCUT2D eigenvalue weighted by molar-refractivity contribution is -0.154. The Balaban J connectivity index is 1.94. The van der Waals surface area contributed by atoms with Crippen LogP contribution in [0.5, 0.6) is 0 Å². The van der Waals surface area contributed by atoms with Gasteiger partial charge in [-0.2, -0.15) is 0 Å². The number of amides is 1. The van der Waals surface area contributed by atoms with Crippen molar-refractivity contribution in [1.82, 2.24) is 10.3 Å². The second-order valence-corrected chi connectivity index (χ2v) is 5.87. The van der Waals surface area contributed by atoms with Crippen LogP contribution in [0.25, 0.3) is 0 Å². The quantitative estimate of drug-likeness (QED) is 0.873. The lowest BCUT2D eigenvalue weighted by atomic mass is 9.71. The van der Waals surface area contributed by atoms with Crippen molar-refractivity contribution in [2.45, 2.75) is 52.0 Å². The fourth-order valence-electron chi connectivity index (χ4n) is 2.95. The molecule has 5 heteroatoms. The van der Waals surface area contributed by atoms with E-state index in [1.807, 2.05) is 19.1 Å². The Hall–Kier alpha value is -1.91. The van der Waals surface area contributed by atoms with Crippen LogP contribution in [0.4, 0.5) is 0 Å². The summed E-state index contributed by atoms with van der Waals surface area (Å²) < 4.78 is 0. The van der Waals surface area contributed by atoms with Gasteiger partial charge in [0.15, 0.2) is 0 Å². The second-order valence-electron chi connectivity index (χ2n) is 5.87. The number of hydrogen-bond donors (Lipinski definition) is 2. The smallest absolute Gasteiger partial charge is 0.310 e. The molecule has 0 unspecified atom stereocenters. The molecule has 0 atom stereocenters. The number of aromatic nitrogens is 1. The van der Waals surface area contributed by atoms with Crippen molar-refractivity contribution < 1.29 is 14.7 Å². The van der Waals surface area contributed by atoms with E-state index in [1.165, 1.54) is 0 Å². The van der Waals surface area contributed by atoms with E-state index in [-0.39, 0.29) is 12.3 Å². The van der Waals surface area contributed by atoms with Crippen LogP contribution < -0.4 is 5.32 Å². The highest BCUT2D eigenvalue weighted by Gasteiger charge is 2.41. The molecule has 2 rings (SSSR count). The lowest BCUT2D eigenvalue weighted by Crippen LogP contribution is -2.39. The van der Waals surface area contributed by atoms with Crippen molar-refractivity contribution in [3.8, 4) is 0 Å². The van der Waals surface area contributed by atoms with E-state index in [4.69, 9.17) is 0 Å².